The predicted molar refractivity (Wildman–Crippen MR) is 150 cm³/mol. The molecule has 2 heterocycles. The molecule has 1 aromatic heterocycles. The van der Waals surface area contributed by atoms with Crippen LogP contribution in [-0.2, 0) is 23.7 Å². The minimum absolute atomic E-state index is 0.0130. The number of piperazine rings is 1. The second kappa shape index (κ2) is 10.1. The number of carbonyl (C=O) groups excluding carboxylic acids is 1. The molecule has 0 atom stereocenters. The van der Waals surface area contributed by atoms with E-state index in [1.54, 1.807) is 0 Å². The standard InChI is InChI=1S/C33H42N2O2/c1-24-21-28-29(33(4,5)15-14-32(28,2)3)23-26(24)22-27-11-12-30(37-27)31(36)35-19-17-34(18-20-35)16-13-25-9-7-6-8-10-25/h6-12,21,23H,13-20,22H2,1-5H3. The van der Waals surface area contributed by atoms with Crippen LogP contribution in [0.15, 0.2) is 59.0 Å². The van der Waals surface area contributed by atoms with Gasteiger partial charge in [0.1, 0.15) is 5.76 Å². The Hall–Kier alpha value is -2.85. The van der Waals surface area contributed by atoms with Crippen molar-refractivity contribution in [2.24, 2.45) is 0 Å². The summed E-state index contributed by atoms with van der Waals surface area (Å²) in [6.45, 7) is 16.0. The van der Waals surface area contributed by atoms with Crippen LogP contribution in [0.4, 0.5) is 0 Å². The molecule has 0 unspecified atom stereocenters. The highest BCUT2D eigenvalue weighted by Gasteiger charge is 2.37. The van der Waals surface area contributed by atoms with Crippen molar-refractivity contribution < 1.29 is 9.21 Å². The lowest BCUT2D eigenvalue weighted by molar-refractivity contribution is 0.0606. The van der Waals surface area contributed by atoms with Crippen LogP contribution in [0.3, 0.4) is 0 Å². The van der Waals surface area contributed by atoms with Crippen molar-refractivity contribution >= 4 is 5.91 Å². The number of aryl methyl sites for hydroxylation is 1. The predicted octanol–water partition coefficient (Wildman–Crippen LogP) is 6.53. The van der Waals surface area contributed by atoms with Crippen molar-refractivity contribution in [3.8, 4) is 0 Å². The number of furan rings is 1. The van der Waals surface area contributed by atoms with E-state index in [0.29, 0.717) is 5.76 Å². The van der Waals surface area contributed by atoms with Gasteiger partial charge < -0.3 is 9.32 Å². The zero-order valence-corrected chi connectivity index (χ0v) is 23.3. The Morgan fingerprint density at radius 1 is 0.865 bits per heavy atom. The van der Waals surface area contributed by atoms with E-state index in [1.807, 2.05) is 17.0 Å². The van der Waals surface area contributed by atoms with Gasteiger partial charge in [-0.1, -0.05) is 70.2 Å². The first-order valence-electron chi connectivity index (χ1n) is 13.9. The number of rotatable bonds is 6. The zero-order valence-electron chi connectivity index (χ0n) is 23.3. The molecule has 2 aromatic carbocycles. The second-order valence-corrected chi connectivity index (χ2v) is 12.4. The van der Waals surface area contributed by atoms with Crippen molar-refractivity contribution in [2.75, 3.05) is 32.7 Å². The minimum Gasteiger partial charge on any atom is -0.456 e. The number of fused-ring (bicyclic) bond motifs is 1. The van der Waals surface area contributed by atoms with E-state index in [2.05, 4.69) is 82.0 Å². The number of carbonyl (C=O) groups is 1. The Morgan fingerprint density at radius 3 is 2.19 bits per heavy atom. The summed E-state index contributed by atoms with van der Waals surface area (Å²) in [6.07, 6.45) is 4.19. The third-order valence-electron chi connectivity index (χ3n) is 8.77. The van der Waals surface area contributed by atoms with E-state index < -0.39 is 0 Å². The highest BCUT2D eigenvalue weighted by molar-refractivity contribution is 5.91. The molecule has 3 aromatic rings. The van der Waals surface area contributed by atoms with Crippen LogP contribution in [0.5, 0.6) is 0 Å². The molecule has 2 aliphatic rings. The molecule has 0 spiro atoms. The van der Waals surface area contributed by atoms with Gasteiger partial charge in [-0.3, -0.25) is 9.69 Å². The Kier molecular flexibility index (Phi) is 7.06. The molecule has 0 N–H and O–H groups in total. The van der Waals surface area contributed by atoms with Gasteiger partial charge in [-0.25, -0.2) is 0 Å². The molecule has 1 saturated heterocycles. The molecule has 196 valence electrons. The number of hydrogen-bond donors (Lipinski definition) is 0. The summed E-state index contributed by atoms with van der Waals surface area (Å²) in [5, 5.41) is 0. The molecule has 0 radical (unpaired) electrons. The summed E-state index contributed by atoms with van der Waals surface area (Å²) in [5.41, 5.74) is 7.32. The van der Waals surface area contributed by atoms with Gasteiger partial charge in [-0.05, 0) is 77.0 Å². The third-order valence-corrected chi connectivity index (χ3v) is 8.77. The van der Waals surface area contributed by atoms with E-state index in [9.17, 15) is 4.79 Å². The molecule has 0 saturated carbocycles. The first-order chi connectivity index (χ1) is 17.6. The van der Waals surface area contributed by atoms with Crippen LogP contribution in [0, 0.1) is 6.92 Å². The second-order valence-electron chi connectivity index (χ2n) is 12.4. The van der Waals surface area contributed by atoms with Crippen LogP contribution in [-0.4, -0.2) is 48.4 Å². The highest BCUT2D eigenvalue weighted by atomic mass is 16.4. The average molecular weight is 499 g/mol. The molecule has 4 heteroatoms. The van der Waals surface area contributed by atoms with Crippen molar-refractivity contribution in [3.63, 3.8) is 0 Å². The van der Waals surface area contributed by atoms with Gasteiger partial charge >= 0.3 is 0 Å². The third kappa shape index (κ3) is 5.55. The maximum atomic E-state index is 13.2. The molecule has 1 aliphatic heterocycles. The molecule has 37 heavy (non-hydrogen) atoms. The van der Waals surface area contributed by atoms with Gasteiger partial charge in [0.15, 0.2) is 5.76 Å². The Labute approximate surface area is 222 Å². The summed E-state index contributed by atoms with van der Waals surface area (Å²) >= 11 is 0. The van der Waals surface area contributed by atoms with Crippen molar-refractivity contribution in [1.29, 1.82) is 0 Å². The normalized spacial score (nSPS) is 19.0. The fourth-order valence-electron chi connectivity index (χ4n) is 6.00. The maximum Gasteiger partial charge on any atom is 0.289 e. The van der Waals surface area contributed by atoms with Gasteiger partial charge in [0, 0.05) is 39.1 Å². The highest BCUT2D eigenvalue weighted by Crippen LogP contribution is 2.46. The monoisotopic (exact) mass is 498 g/mol. The first-order valence-corrected chi connectivity index (χ1v) is 13.9. The van der Waals surface area contributed by atoms with E-state index in [4.69, 9.17) is 4.42 Å². The summed E-state index contributed by atoms with van der Waals surface area (Å²) in [5.74, 6) is 1.34. The summed E-state index contributed by atoms with van der Waals surface area (Å²) in [6, 6.07) is 19.3. The molecule has 0 bridgehead atoms. The van der Waals surface area contributed by atoms with Crippen molar-refractivity contribution in [3.05, 3.63) is 93.9 Å². The first kappa shape index (κ1) is 25.8. The number of benzene rings is 2. The largest absolute Gasteiger partial charge is 0.456 e. The van der Waals surface area contributed by atoms with Gasteiger partial charge in [0.2, 0.25) is 0 Å². The van der Waals surface area contributed by atoms with Gasteiger partial charge in [-0.15, -0.1) is 0 Å². The lowest BCUT2D eigenvalue weighted by Gasteiger charge is -2.42. The van der Waals surface area contributed by atoms with E-state index >= 15 is 0 Å². The van der Waals surface area contributed by atoms with E-state index in [-0.39, 0.29) is 16.7 Å². The van der Waals surface area contributed by atoms with Gasteiger partial charge in [-0.2, -0.15) is 0 Å². The van der Waals surface area contributed by atoms with E-state index in [1.165, 1.54) is 40.7 Å². The summed E-state index contributed by atoms with van der Waals surface area (Å²) in [4.78, 5) is 17.6. The summed E-state index contributed by atoms with van der Waals surface area (Å²) in [7, 11) is 0. The Bertz CT molecular complexity index is 1250. The van der Waals surface area contributed by atoms with Crippen LogP contribution in [0.25, 0.3) is 0 Å². The maximum absolute atomic E-state index is 13.2. The van der Waals surface area contributed by atoms with Gasteiger partial charge in [0.25, 0.3) is 5.91 Å². The fraction of sp³-hybridized carbons (Fsp3) is 0.485. The molecule has 1 fully saturated rings. The quantitative estimate of drug-likeness (QED) is 0.388. The van der Waals surface area contributed by atoms with Crippen LogP contribution >= 0.6 is 0 Å². The SMILES string of the molecule is Cc1cc2c(cc1Cc1ccc(C(=O)N3CCN(CCc4ccccc4)CC3)o1)C(C)(C)CCC2(C)C. The Morgan fingerprint density at radius 2 is 1.51 bits per heavy atom. The molecular formula is C33H42N2O2. The molecule has 1 amide bonds. The van der Waals surface area contributed by atoms with E-state index in [0.717, 1.165) is 51.3 Å². The Balaban J connectivity index is 1.21. The molecular weight excluding hydrogens is 456 g/mol. The van der Waals surface area contributed by atoms with Crippen molar-refractivity contribution in [1.82, 2.24) is 9.80 Å². The lowest BCUT2D eigenvalue weighted by Crippen LogP contribution is -2.49. The van der Waals surface area contributed by atoms with Crippen LogP contribution < -0.4 is 0 Å². The topological polar surface area (TPSA) is 36.7 Å². The fourth-order valence-corrected chi connectivity index (χ4v) is 6.00. The number of hydrogen-bond acceptors (Lipinski definition) is 3. The molecule has 4 nitrogen and oxygen atoms in total. The average Bonchev–Trinajstić information content (AvgIpc) is 3.35. The summed E-state index contributed by atoms with van der Waals surface area (Å²) < 4.78 is 6.12. The van der Waals surface area contributed by atoms with Crippen molar-refractivity contribution in [2.45, 2.75) is 71.1 Å². The number of nitrogens with zero attached hydrogens (tertiary/aromatic N) is 2. The lowest BCUT2D eigenvalue weighted by atomic mass is 9.62. The molecule has 5 rings (SSSR count). The van der Waals surface area contributed by atoms with Crippen LogP contribution in [0.1, 0.15) is 84.7 Å². The smallest absolute Gasteiger partial charge is 0.289 e. The molecule has 1 aliphatic carbocycles. The van der Waals surface area contributed by atoms with Crippen LogP contribution in [0.2, 0.25) is 0 Å². The van der Waals surface area contributed by atoms with Gasteiger partial charge in [0.05, 0.1) is 0 Å². The zero-order chi connectivity index (χ0) is 26.2. The minimum atomic E-state index is 0.0130. The number of amides is 1.